The molecule has 0 spiro atoms. The van der Waals surface area contributed by atoms with Crippen LogP contribution in [0.4, 0.5) is 4.39 Å². The van der Waals surface area contributed by atoms with E-state index in [9.17, 15) is 14.0 Å². The van der Waals surface area contributed by atoms with E-state index in [0.717, 1.165) is 5.56 Å². The number of halogens is 1. The summed E-state index contributed by atoms with van der Waals surface area (Å²) in [5.41, 5.74) is 0.721. The third-order valence-electron chi connectivity index (χ3n) is 4.00. The van der Waals surface area contributed by atoms with Crippen LogP contribution in [-0.4, -0.2) is 21.2 Å². The van der Waals surface area contributed by atoms with Crippen LogP contribution in [0, 0.1) is 5.82 Å². The predicted molar refractivity (Wildman–Crippen MR) is 97.5 cm³/mol. The molecule has 2 aromatic heterocycles. The van der Waals surface area contributed by atoms with Gasteiger partial charge in [-0.2, -0.15) is 0 Å². The number of aromatic nitrogens is 2. The molecule has 1 N–H and O–H groups in total. The topological polar surface area (TPSA) is 64.0 Å². The van der Waals surface area contributed by atoms with Gasteiger partial charge in [-0.1, -0.05) is 18.2 Å². The molecule has 0 radical (unpaired) electrons. The smallest absolute Gasteiger partial charge is 0.221 e. The second-order valence-electron chi connectivity index (χ2n) is 5.85. The molecule has 7 heteroatoms. The van der Waals surface area contributed by atoms with Crippen molar-refractivity contribution in [1.82, 2.24) is 14.9 Å². The molecule has 0 aliphatic carbocycles. The number of carbonyl (C=O) groups excluding carboxylic acids is 2. The number of nitrogens with one attached hydrogen (secondary N) is 1. The van der Waals surface area contributed by atoms with Crippen molar-refractivity contribution in [3.63, 3.8) is 0 Å². The lowest BCUT2D eigenvalue weighted by atomic mass is 10.1. The molecule has 134 valence electrons. The Morgan fingerprint density at radius 3 is 2.62 bits per heavy atom. The van der Waals surface area contributed by atoms with Gasteiger partial charge in [0.1, 0.15) is 17.7 Å². The fraction of sp³-hybridized carbons (Fsp3) is 0.211. The Balaban J connectivity index is 1.71. The number of thiophene rings is 1. The van der Waals surface area contributed by atoms with E-state index < -0.39 is 6.04 Å². The Bertz CT molecular complexity index is 888. The van der Waals surface area contributed by atoms with Gasteiger partial charge in [0.2, 0.25) is 5.91 Å². The zero-order valence-corrected chi connectivity index (χ0v) is 15.0. The minimum atomic E-state index is -0.514. The van der Waals surface area contributed by atoms with E-state index in [1.54, 1.807) is 35.2 Å². The molecule has 1 amide bonds. The number of ketones is 1. The van der Waals surface area contributed by atoms with Crippen LogP contribution < -0.4 is 5.32 Å². The molecule has 3 rings (SSSR count). The number of carbonyl (C=O) groups is 2. The van der Waals surface area contributed by atoms with Gasteiger partial charge in [0.15, 0.2) is 5.78 Å². The van der Waals surface area contributed by atoms with E-state index in [-0.39, 0.29) is 30.3 Å². The van der Waals surface area contributed by atoms with Gasteiger partial charge in [-0.15, -0.1) is 11.3 Å². The molecule has 0 saturated carbocycles. The molecule has 1 aromatic carbocycles. The number of nitrogens with zero attached hydrogens (tertiary/aromatic N) is 2. The molecule has 1 unspecified atom stereocenters. The van der Waals surface area contributed by atoms with E-state index in [1.807, 2.05) is 18.5 Å². The Morgan fingerprint density at radius 2 is 2.00 bits per heavy atom. The third-order valence-corrected chi connectivity index (χ3v) is 4.91. The maximum Gasteiger partial charge on any atom is 0.221 e. The molecule has 3 aromatic rings. The molecule has 0 fully saturated rings. The number of amides is 1. The van der Waals surface area contributed by atoms with Gasteiger partial charge in [-0.05, 0) is 29.1 Å². The number of benzene rings is 1. The van der Waals surface area contributed by atoms with Gasteiger partial charge in [-0.25, -0.2) is 9.37 Å². The van der Waals surface area contributed by atoms with Crippen molar-refractivity contribution in [2.24, 2.45) is 7.05 Å². The van der Waals surface area contributed by atoms with Gasteiger partial charge in [0.05, 0.1) is 4.88 Å². The lowest BCUT2D eigenvalue weighted by Gasteiger charge is -2.19. The zero-order chi connectivity index (χ0) is 18.5. The Kier molecular flexibility index (Phi) is 5.58. The lowest BCUT2D eigenvalue weighted by Crippen LogP contribution is -2.31. The fourth-order valence-corrected chi connectivity index (χ4v) is 3.32. The molecule has 1 atom stereocenters. The van der Waals surface area contributed by atoms with Crippen molar-refractivity contribution in [1.29, 1.82) is 0 Å². The second-order valence-corrected chi connectivity index (χ2v) is 6.80. The highest BCUT2D eigenvalue weighted by atomic mass is 32.1. The standard InChI is InChI=1S/C19H18FN3O2S/c1-23-11-10-21-19(23)18(13-4-6-14(20)7-5-13)22-17(25)9-8-15(24)16-3-2-12-26-16/h2-7,10-12,18H,8-9H2,1H3,(H,22,25). The maximum atomic E-state index is 13.2. The molecule has 5 nitrogen and oxygen atoms in total. The summed E-state index contributed by atoms with van der Waals surface area (Å²) in [6, 6.07) is 8.97. The summed E-state index contributed by atoms with van der Waals surface area (Å²) in [4.78, 5) is 29.4. The summed E-state index contributed by atoms with van der Waals surface area (Å²) in [6.45, 7) is 0. The van der Waals surface area contributed by atoms with Crippen molar-refractivity contribution in [3.05, 3.63) is 76.3 Å². The average Bonchev–Trinajstić information content (AvgIpc) is 3.30. The van der Waals surface area contributed by atoms with Crippen LogP contribution in [0.3, 0.4) is 0 Å². The van der Waals surface area contributed by atoms with Crippen molar-refractivity contribution in [3.8, 4) is 0 Å². The first-order valence-corrected chi connectivity index (χ1v) is 9.01. The molecule has 0 bridgehead atoms. The van der Waals surface area contributed by atoms with Gasteiger partial charge in [0.25, 0.3) is 0 Å². The minimum Gasteiger partial charge on any atom is -0.342 e. The van der Waals surface area contributed by atoms with Crippen molar-refractivity contribution < 1.29 is 14.0 Å². The van der Waals surface area contributed by atoms with Crippen LogP contribution in [0.5, 0.6) is 0 Å². The number of aryl methyl sites for hydroxylation is 1. The van der Waals surface area contributed by atoms with E-state index in [1.165, 1.54) is 23.5 Å². The Hall–Kier alpha value is -2.80. The monoisotopic (exact) mass is 371 g/mol. The SMILES string of the molecule is Cn1ccnc1C(NC(=O)CCC(=O)c1cccs1)c1ccc(F)cc1. The zero-order valence-electron chi connectivity index (χ0n) is 14.2. The highest BCUT2D eigenvalue weighted by Gasteiger charge is 2.21. The molecule has 26 heavy (non-hydrogen) atoms. The van der Waals surface area contributed by atoms with Crippen molar-refractivity contribution in [2.45, 2.75) is 18.9 Å². The molecule has 0 aliphatic rings. The first-order valence-electron chi connectivity index (χ1n) is 8.13. The number of Topliss-reactive ketones (excluding diaryl/α,β-unsaturated/α-hetero) is 1. The highest BCUT2D eigenvalue weighted by molar-refractivity contribution is 7.12. The molecule has 0 saturated heterocycles. The van der Waals surface area contributed by atoms with E-state index >= 15 is 0 Å². The molecular formula is C19H18FN3O2S. The first-order chi connectivity index (χ1) is 12.5. The molecule has 2 heterocycles. The highest BCUT2D eigenvalue weighted by Crippen LogP contribution is 2.21. The summed E-state index contributed by atoms with van der Waals surface area (Å²) in [5.74, 6) is -0.0209. The number of hydrogen-bond donors (Lipinski definition) is 1. The van der Waals surface area contributed by atoms with Crippen LogP contribution in [0.15, 0.2) is 54.2 Å². The Morgan fingerprint density at radius 1 is 1.23 bits per heavy atom. The largest absolute Gasteiger partial charge is 0.342 e. The lowest BCUT2D eigenvalue weighted by molar-refractivity contribution is -0.121. The average molecular weight is 371 g/mol. The van der Waals surface area contributed by atoms with Crippen LogP contribution in [0.1, 0.15) is 39.9 Å². The van der Waals surface area contributed by atoms with Crippen LogP contribution in [0.2, 0.25) is 0 Å². The molecule has 0 aliphatic heterocycles. The summed E-state index contributed by atoms with van der Waals surface area (Å²) in [5, 5.41) is 4.74. The minimum absolute atomic E-state index is 0.0505. The van der Waals surface area contributed by atoms with E-state index in [2.05, 4.69) is 10.3 Å². The fourth-order valence-electron chi connectivity index (χ4n) is 2.63. The van der Waals surface area contributed by atoms with Gasteiger partial charge in [-0.3, -0.25) is 9.59 Å². The van der Waals surface area contributed by atoms with Crippen LogP contribution >= 0.6 is 11.3 Å². The second kappa shape index (κ2) is 8.05. The summed E-state index contributed by atoms with van der Waals surface area (Å²) in [7, 11) is 1.82. The quantitative estimate of drug-likeness (QED) is 0.647. The third kappa shape index (κ3) is 4.23. The molecular weight excluding hydrogens is 353 g/mol. The number of rotatable bonds is 7. The number of hydrogen-bond acceptors (Lipinski definition) is 4. The van der Waals surface area contributed by atoms with Crippen LogP contribution in [0.25, 0.3) is 0 Å². The number of imidazole rings is 1. The van der Waals surface area contributed by atoms with Gasteiger partial charge in [0, 0.05) is 32.3 Å². The Labute approximate surface area is 154 Å². The predicted octanol–water partition coefficient (Wildman–Crippen LogP) is 3.49. The van der Waals surface area contributed by atoms with E-state index in [0.29, 0.717) is 10.7 Å². The van der Waals surface area contributed by atoms with Gasteiger partial charge >= 0.3 is 0 Å². The van der Waals surface area contributed by atoms with E-state index in [4.69, 9.17) is 0 Å². The van der Waals surface area contributed by atoms with Gasteiger partial charge < -0.3 is 9.88 Å². The van der Waals surface area contributed by atoms with Crippen molar-refractivity contribution in [2.75, 3.05) is 0 Å². The summed E-state index contributed by atoms with van der Waals surface area (Å²) < 4.78 is 15.0. The summed E-state index contributed by atoms with van der Waals surface area (Å²) in [6.07, 6.45) is 3.64. The normalized spacial score (nSPS) is 11.9. The first kappa shape index (κ1) is 18.0. The maximum absolute atomic E-state index is 13.2. The van der Waals surface area contributed by atoms with Crippen LogP contribution in [-0.2, 0) is 11.8 Å². The summed E-state index contributed by atoms with van der Waals surface area (Å²) >= 11 is 1.36. The van der Waals surface area contributed by atoms with Crippen molar-refractivity contribution >= 4 is 23.0 Å².